The molecule has 0 saturated heterocycles. The van der Waals surface area contributed by atoms with Gasteiger partial charge in [-0.05, 0) is 56.6 Å². The molecule has 0 amide bonds. The second-order valence-electron chi connectivity index (χ2n) is 6.55. The Morgan fingerprint density at radius 3 is 2.52 bits per heavy atom. The molecule has 0 aromatic heterocycles. The Bertz CT molecular complexity index is 557. The summed E-state index contributed by atoms with van der Waals surface area (Å²) in [5.41, 5.74) is 5.50. The first kappa shape index (κ1) is 17.2. The number of hydrogen-bond acceptors (Lipinski definition) is 1. The third-order valence-corrected chi connectivity index (χ3v) is 4.07. The van der Waals surface area contributed by atoms with Crippen molar-refractivity contribution in [2.75, 3.05) is 0 Å². The molecule has 1 nitrogen and oxygen atoms in total. The fourth-order valence-electron chi connectivity index (χ4n) is 2.78. The Balaban J connectivity index is 2.80. The van der Waals surface area contributed by atoms with Crippen LogP contribution in [0, 0.1) is 16.7 Å². The third-order valence-electron chi connectivity index (χ3n) is 4.07. The van der Waals surface area contributed by atoms with Crippen LogP contribution in [0.4, 0.5) is 0 Å². The van der Waals surface area contributed by atoms with Crippen molar-refractivity contribution in [3.8, 4) is 6.07 Å². The maximum absolute atomic E-state index is 8.56. The van der Waals surface area contributed by atoms with Gasteiger partial charge >= 0.3 is 0 Å². The van der Waals surface area contributed by atoms with Crippen LogP contribution in [0.1, 0.15) is 53.9 Å². The summed E-state index contributed by atoms with van der Waals surface area (Å²) in [6.45, 7) is 11.0. The molecule has 1 aliphatic carbocycles. The molecule has 1 aliphatic rings. The topological polar surface area (TPSA) is 23.8 Å². The van der Waals surface area contributed by atoms with Gasteiger partial charge in [-0.25, -0.2) is 0 Å². The van der Waals surface area contributed by atoms with E-state index in [0.717, 1.165) is 5.57 Å². The zero-order valence-corrected chi connectivity index (χ0v) is 14.0. The van der Waals surface area contributed by atoms with Crippen molar-refractivity contribution in [1.82, 2.24) is 0 Å². The lowest BCUT2D eigenvalue weighted by atomic mass is 9.72. The minimum Gasteiger partial charge on any atom is -0.193 e. The molecular formula is C20H27N. The van der Waals surface area contributed by atoms with E-state index in [4.69, 9.17) is 5.26 Å². The summed E-state index contributed by atoms with van der Waals surface area (Å²) in [5, 5.41) is 8.56. The fourth-order valence-corrected chi connectivity index (χ4v) is 2.78. The highest BCUT2D eigenvalue weighted by Gasteiger charge is 2.26. The molecule has 21 heavy (non-hydrogen) atoms. The van der Waals surface area contributed by atoms with Crippen molar-refractivity contribution in [3.05, 3.63) is 58.7 Å². The Labute approximate surface area is 130 Å². The summed E-state index contributed by atoms with van der Waals surface area (Å²) in [6.07, 6.45) is 15.9. The molecule has 0 aliphatic heterocycles. The number of nitrogens with zero attached hydrogens (tertiary/aromatic N) is 1. The lowest BCUT2D eigenvalue weighted by Gasteiger charge is -2.32. The standard InChI is InChI=1S/C20H27N/c1-16(8-6-9-17(2)13-15-21)11-12-19-18(3)10-7-14-20(19,4)5/h6,8-9,11-13H,7,10,14H2,1-5H3/b9-6-,12-11+,16-8+,17-13+. The molecule has 1 rings (SSSR count). The highest BCUT2D eigenvalue weighted by Crippen LogP contribution is 2.40. The first-order valence-corrected chi connectivity index (χ1v) is 7.66. The fraction of sp³-hybridized carbons (Fsp3) is 0.450. The van der Waals surface area contributed by atoms with Crippen LogP contribution >= 0.6 is 0 Å². The molecule has 0 bridgehead atoms. The minimum absolute atomic E-state index is 0.293. The van der Waals surface area contributed by atoms with Crippen LogP contribution in [-0.4, -0.2) is 0 Å². The quantitative estimate of drug-likeness (QED) is 0.455. The minimum atomic E-state index is 0.293. The van der Waals surface area contributed by atoms with Crippen LogP contribution in [0.25, 0.3) is 0 Å². The van der Waals surface area contributed by atoms with Crippen LogP contribution in [0.3, 0.4) is 0 Å². The second kappa shape index (κ2) is 7.84. The molecule has 0 spiro atoms. The van der Waals surface area contributed by atoms with Gasteiger partial charge in [-0.2, -0.15) is 5.26 Å². The predicted molar refractivity (Wildman–Crippen MR) is 91.7 cm³/mol. The highest BCUT2D eigenvalue weighted by molar-refractivity contribution is 5.37. The molecule has 0 saturated carbocycles. The summed E-state index contributed by atoms with van der Waals surface area (Å²) in [5.74, 6) is 0. The molecule has 1 heteroatoms. The van der Waals surface area contributed by atoms with E-state index in [0.29, 0.717) is 5.41 Å². The first-order chi connectivity index (χ1) is 9.86. The van der Waals surface area contributed by atoms with Crippen molar-refractivity contribution < 1.29 is 0 Å². The molecule has 112 valence electrons. The third kappa shape index (κ3) is 5.60. The van der Waals surface area contributed by atoms with Crippen LogP contribution in [0.5, 0.6) is 0 Å². The van der Waals surface area contributed by atoms with Crippen molar-refractivity contribution in [2.24, 2.45) is 5.41 Å². The number of rotatable bonds is 4. The highest BCUT2D eigenvalue weighted by atomic mass is 14.3. The summed E-state index contributed by atoms with van der Waals surface area (Å²) in [6, 6.07) is 2.03. The van der Waals surface area contributed by atoms with Crippen LogP contribution < -0.4 is 0 Å². The van der Waals surface area contributed by atoms with Gasteiger partial charge < -0.3 is 0 Å². The molecule has 0 aromatic carbocycles. The molecule has 0 radical (unpaired) electrons. The average Bonchev–Trinajstić information content (AvgIpc) is 2.37. The molecule has 0 heterocycles. The van der Waals surface area contributed by atoms with Crippen LogP contribution in [0.15, 0.2) is 58.7 Å². The van der Waals surface area contributed by atoms with Gasteiger partial charge in [0.2, 0.25) is 0 Å². The molecule has 0 atom stereocenters. The Morgan fingerprint density at radius 2 is 1.90 bits per heavy atom. The number of hydrogen-bond donors (Lipinski definition) is 0. The van der Waals surface area contributed by atoms with Crippen LogP contribution in [-0.2, 0) is 0 Å². The summed E-state index contributed by atoms with van der Waals surface area (Å²) in [4.78, 5) is 0. The average molecular weight is 281 g/mol. The van der Waals surface area contributed by atoms with Crippen molar-refractivity contribution >= 4 is 0 Å². The van der Waals surface area contributed by atoms with Gasteiger partial charge in [0.1, 0.15) is 0 Å². The molecule has 0 fully saturated rings. The summed E-state index contributed by atoms with van der Waals surface area (Å²) in [7, 11) is 0. The van der Waals surface area contributed by atoms with Gasteiger partial charge in [0, 0.05) is 6.08 Å². The van der Waals surface area contributed by atoms with E-state index in [9.17, 15) is 0 Å². The SMILES string of the molecule is CC1=C(/C=C/C(C)=C/C=C\C(C)=C\C#N)C(C)(C)CCC1. The lowest BCUT2D eigenvalue weighted by molar-refractivity contribution is 0.377. The van der Waals surface area contributed by atoms with Gasteiger partial charge in [0.15, 0.2) is 0 Å². The van der Waals surface area contributed by atoms with E-state index >= 15 is 0 Å². The predicted octanol–water partition coefficient (Wildman–Crippen LogP) is 6.04. The van der Waals surface area contributed by atoms with Gasteiger partial charge in [-0.3, -0.25) is 0 Å². The molecule has 0 unspecified atom stereocenters. The van der Waals surface area contributed by atoms with Gasteiger partial charge in [0.05, 0.1) is 6.07 Å². The Kier molecular flexibility index (Phi) is 6.43. The van der Waals surface area contributed by atoms with Gasteiger partial charge in [-0.1, -0.05) is 55.4 Å². The van der Waals surface area contributed by atoms with E-state index in [-0.39, 0.29) is 0 Å². The van der Waals surface area contributed by atoms with E-state index < -0.39 is 0 Å². The maximum atomic E-state index is 8.56. The monoisotopic (exact) mass is 281 g/mol. The Hall–Kier alpha value is -1.81. The maximum Gasteiger partial charge on any atom is 0.0914 e. The van der Waals surface area contributed by atoms with E-state index in [1.807, 2.05) is 25.1 Å². The van der Waals surface area contributed by atoms with Crippen molar-refractivity contribution in [2.45, 2.75) is 53.9 Å². The van der Waals surface area contributed by atoms with Crippen LogP contribution in [0.2, 0.25) is 0 Å². The van der Waals surface area contributed by atoms with E-state index in [1.165, 1.54) is 36.0 Å². The molecular weight excluding hydrogens is 254 g/mol. The first-order valence-electron chi connectivity index (χ1n) is 7.66. The number of nitriles is 1. The summed E-state index contributed by atoms with van der Waals surface area (Å²) < 4.78 is 0. The van der Waals surface area contributed by atoms with Crippen molar-refractivity contribution in [3.63, 3.8) is 0 Å². The smallest absolute Gasteiger partial charge is 0.0914 e. The zero-order chi connectivity index (χ0) is 15.9. The van der Waals surface area contributed by atoms with E-state index in [2.05, 4.69) is 45.9 Å². The normalized spacial score (nSPS) is 20.4. The molecule has 0 aromatic rings. The molecule has 0 N–H and O–H groups in total. The second-order valence-corrected chi connectivity index (χ2v) is 6.55. The largest absolute Gasteiger partial charge is 0.193 e. The van der Waals surface area contributed by atoms with E-state index in [1.54, 1.807) is 6.08 Å². The van der Waals surface area contributed by atoms with Gasteiger partial charge in [0.25, 0.3) is 0 Å². The summed E-state index contributed by atoms with van der Waals surface area (Å²) >= 11 is 0. The zero-order valence-electron chi connectivity index (χ0n) is 14.0. The van der Waals surface area contributed by atoms with Crippen molar-refractivity contribution in [1.29, 1.82) is 5.26 Å². The number of allylic oxidation sites excluding steroid dienone is 10. The lowest BCUT2D eigenvalue weighted by Crippen LogP contribution is -2.19. The van der Waals surface area contributed by atoms with Gasteiger partial charge in [-0.15, -0.1) is 0 Å². The Morgan fingerprint density at radius 1 is 1.19 bits per heavy atom.